The van der Waals surface area contributed by atoms with Crippen LogP contribution in [0.4, 0.5) is 0 Å². The van der Waals surface area contributed by atoms with Crippen molar-refractivity contribution in [2.45, 2.75) is 32.6 Å². The SMILES string of the molecule is Cc1ccccc1C(=O)N1CC(C(=O)NCC2CC2)C(c2ccccc2C)C1. The molecular formula is C24H28N2O2. The molecule has 4 heteroatoms. The molecule has 146 valence electrons. The molecule has 2 amide bonds. The number of aryl methyl sites for hydroxylation is 2. The Bertz CT molecular complexity index is 888. The Morgan fingerprint density at radius 3 is 2.32 bits per heavy atom. The summed E-state index contributed by atoms with van der Waals surface area (Å²) in [5.74, 6) is 0.586. The molecule has 1 saturated carbocycles. The zero-order chi connectivity index (χ0) is 19.7. The molecule has 4 nitrogen and oxygen atoms in total. The van der Waals surface area contributed by atoms with Crippen LogP contribution < -0.4 is 5.32 Å². The van der Waals surface area contributed by atoms with Crippen LogP contribution in [-0.2, 0) is 4.79 Å². The van der Waals surface area contributed by atoms with E-state index in [0.29, 0.717) is 19.0 Å². The Morgan fingerprint density at radius 2 is 1.64 bits per heavy atom. The minimum atomic E-state index is -0.201. The molecule has 1 aliphatic carbocycles. The number of nitrogens with one attached hydrogen (secondary N) is 1. The molecule has 2 unspecified atom stereocenters. The fourth-order valence-corrected chi connectivity index (χ4v) is 4.23. The fourth-order valence-electron chi connectivity index (χ4n) is 4.23. The number of carbonyl (C=O) groups excluding carboxylic acids is 2. The Kier molecular flexibility index (Phi) is 5.21. The highest BCUT2D eigenvalue weighted by molar-refractivity contribution is 5.96. The van der Waals surface area contributed by atoms with Crippen molar-refractivity contribution in [2.75, 3.05) is 19.6 Å². The highest BCUT2D eigenvalue weighted by Crippen LogP contribution is 2.36. The minimum Gasteiger partial charge on any atom is -0.356 e. The van der Waals surface area contributed by atoms with Gasteiger partial charge in [-0.1, -0.05) is 42.5 Å². The van der Waals surface area contributed by atoms with Crippen LogP contribution in [0.15, 0.2) is 48.5 Å². The van der Waals surface area contributed by atoms with Crippen molar-refractivity contribution in [3.8, 4) is 0 Å². The molecule has 2 atom stereocenters. The van der Waals surface area contributed by atoms with E-state index in [4.69, 9.17) is 0 Å². The second-order valence-corrected chi connectivity index (χ2v) is 8.28. The summed E-state index contributed by atoms with van der Waals surface area (Å²) in [6, 6.07) is 15.9. The molecule has 1 aliphatic heterocycles. The lowest BCUT2D eigenvalue weighted by Crippen LogP contribution is -2.36. The van der Waals surface area contributed by atoms with E-state index in [1.54, 1.807) is 0 Å². The number of rotatable bonds is 5. The molecule has 0 aromatic heterocycles. The monoisotopic (exact) mass is 376 g/mol. The lowest BCUT2D eigenvalue weighted by atomic mass is 9.86. The fraction of sp³-hybridized carbons (Fsp3) is 0.417. The number of hydrogen-bond donors (Lipinski definition) is 1. The normalized spacial score (nSPS) is 21.6. The Labute approximate surface area is 166 Å². The molecule has 2 fully saturated rings. The standard InChI is InChI=1S/C24H28N2O2/c1-16-7-3-5-9-19(16)21-14-26(24(28)20-10-6-4-8-17(20)2)15-22(21)23(27)25-13-18-11-12-18/h3-10,18,21-22H,11-15H2,1-2H3,(H,25,27). The number of likely N-dealkylation sites (tertiary alicyclic amines) is 1. The predicted molar refractivity (Wildman–Crippen MR) is 110 cm³/mol. The van der Waals surface area contributed by atoms with Gasteiger partial charge in [0.1, 0.15) is 0 Å². The number of hydrogen-bond acceptors (Lipinski definition) is 2. The summed E-state index contributed by atoms with van der Waals surface area (Å²) in [4.78, 5) is 28.0. The summed E-state index contributed by atoms with van der Waals surface area (Å²) in [5, 5.41) is 3.14. The second-order valence-electron chi connectivity index (χ2n) is 8.28. The molecule has 2 aromatic rings. The summed E-state index contributed by atoms with van der Waals surface area (Å²) in [6.45, 7) is 5.87. The number of nitrogens with zero attached hydrogens (tertiary/aromatic N) is 1. The maximum atomic E-state index is 13.2. The first kappa shape index (κ1) is 18.7. The van der Waals surface area contributed by atoms with Gasteiger partial charge in [-0.2, -0.15) is 0 Å². The van der Waals surface area contributed by atoms with Crippen LogP contribution in [0.25, 0.3) is 0 Å². The first-order valence-electron chi connectivity index (χ1n) is 10.2. The summed E-state index contributed by atoms with van der Waals surface area (Å²) >= 11 is 0. The third-order valence-corrected chi connectivity index (χ3v) is 6.17. The molecule has 0 radical (unpaired) electrons. The molecule has 4 rings (SSSR count). The third-order valence-electron chi connectivity index (χ3n) is 6.17. The van der Waals surface area contributed by atoms with E-state index < -0.39 is 0 Å². The minimum absolute atomic E-state index is 0.0224. The first-order valence-corrected chi connectivity index (χ1v) is 10.2. The zero-order valence-electron chi connectivity index (χ0n) is 16.7. The third kappa shape index (κ3) is 3.82. The van der Waals surface area contributed by atoms with Crippen molar-refractivity contribution in [1.29, 1.82) is 0 Å². The van der Waals surface area contributed by atoms with Gasteiger partial charge in [-0.3, -0.25) is 9.59 Å². The van der Waals surface area contributed by atoms with Gasteiger partial charge in [0.05, 0.1) is 5.92 Å². The number of carbonyl (C=O) groups is 2. The Balaban J connectivity index is 1.59. The highest BCUT2D eigenvalue weighted by atomic mass is 16.2. The topological polar surface area (TPSA) is 49.4 Å². The van der Waals surface area contributed by atoms with Crippen LogP contribution in [0.1, 0.15) is 45.8 Å². The maximum Gasteiger partial charge on any atom is 0.254 e. The van der Waals surface area contributed by atoms with Crippen molar-refractivity contribution in [2.24, 2.45) is 11.8 Å². The molecular weight excluding hydrogens is 348 g/mol. The van der Waals surface area contributed by atoms with Gasteiger partial charge in [0.2, 0.25) is 5.91 Å². The van der Waals surface area contributed by atoms with Crippen molar-refractivity contribution in [3.05, 3.63) is 70.8 Å². The van der Waals surface area contributed by atoms with Crippen LogP contribution in [0.5, 0.6) is 0 Å². The van der Waals surface area contributed by atoms with Gasteiger partial charge in [0, 0.05) is 31.1 Å². The average molecular weight is 377 g/mol. The van der Waals surface area contributed by atoms with Crippen molar-refractivity contribution >= 4 is 11.8 Å². The summed E-state index contributed by atoms with van der Waals surface area (Å²) in [6.07, 6.45) is 2.42. The maximum absolute atomic E-state index is 13.2. The molecule has 28 heavy (non-hydrogen) atoms. The first-order chi connectivity index (χ1) is 13.5. The predicted octanol–water partition coefficient (Wildman–Crippen LogP) is 3.69. The van der Waals surface area contributed by atoms with E-state index >= 15 is 0 Å². The van der Waals surface area contributed by atoms with Crippen LogP contribution in [0, 0.1) is 25.7 Å². The van der Waals surface area contributed by atoms with Gasteiger partial charge in [0.15, 0.2) is 0 Å². The van der Waals surface area contributed by atoms with E-state index in [1.165, 1.54) is 24.0 Å². The Hall–Kier alpha value is -2.62. The zero-order valence-corrected chi connectivity index (χ0v) is 16.7. The largest absolute Gasteiger partial charge is 0.356 e. The molecule has 1 heterocycles. The number of amides is 2. The number of benzene rings is 2. The summed E-state index contributed by atoms with van der Waals surface area (Å²) in [5.41, 5.74) is 4.05. The lowest BCUT2D eigenvalue weighted by molar-refractivity contribution is -0.125. The van der Waals surface area contributed by atoms with Gasteiger partial charge in [-0.15, -0.1) is 0 Å². The molecule has 2 aromatic carbocycles. The highest BCUT2D eigenvalue weighted by Gasteiger charge is 2.41. The van der Waals surface area contributed by atoms with E-state index in [9.17, 15) is 9.59 Å². The van der Waals surface area contributed by atoms with Crippen molar-refractivity contribution in [3.63, 3.8) is 0 Å². The molecule has 0 spiro atoms. The van der Waals surface area contributed by atoms with Gasteiger partial charge in [-0.25, -0.2) is 0 Å². The van der Waals surface area contributed by atoms with Crippen molar-refractivity contribution in [1.82, 2.24) is 10.2 Å². The van der Waals surface area contributed by atoms with Gasteiger partial charge < -0.3 is 10.2 Å². The van der Waals surface area contributed by atoms with Gasteiger partial charge in [0.25, 0.3) is 5.91 Å². The van der Waals surface area contributed by atoms with Crippen LogP contribution in [0.2, 0.25) is 0 Å². The average Bonchev–Trinajstić information content (AvgIpc) is 3.43. The smallest absolute Gasteiger partial charge is 0.254 e. The second kappa shape index (κ2) is 7.78. The van der Waals surface area contributed by atoms with Gasteiger partial charge in [-0.05, 0) is 55.4 Å². The molecule has 1 saturated heterocycles. The summed E-state index contributed by atoms with van der Waals surface area (Å²) in [7, 11) is 0. The van der Waals surface area contributed by atoms with Crippen LogP contribution in [0.3, 0.4) is 0 Å². The van der Waals surface area contributed by atoms with Crippen LogP contribution >= 0.6 is 0 Å². The van der Waals surface area contributed by atoms with E-state index in [0.717, 1.165) is 17.7 Å². The summed E-state index contributed by atoms with van der Waals surface area (Å²) < 4.78 is 0. The van der Waals surface area contributed by atoms with Crippen LogP contribution in [-0.4, -0.2) is 36.3 Å². The van der Waals surface area contributed by atoms with E-state index in [2.05, 4.69) is 24.4 Å². The van der Waals surface area contributed by atoms with Crippen molar-refractivity contribution < 1.29 is 9.59 Å². The molecule has 0 bridgehead atoms. The Morgan fingerprint density at radius 1 is 0.964 bits per heavy atom. The molecule has 2 aliphatic rings. The van der Waals surface area contributed by atoms with E-state index in [-0.39, 0.29) is 23.7 Å². The van der Waals surface area contributed by atoms with E-state index in [1.807, 2.05) is 48.2 Å². The van der Waals surface area contributed by atoms with Gasteiger partial charge >= 0.3 is 0 Å². The lowest BCUT2D eigenvalue weighted by Gasteiger charge is -2.20. The molecule has 1 N–H and O–H groups in total. The quantitative estimate of drug-likeness (QED) is 0.865.